The van der Waals surface area contributed by atoms with E-state index in [4.69, 9.17) is 14.2 Å². The van der Waals surface area contributed by atoms with E-state index in [-0.39, 0.29) is 18.6 Å². The van der Waals surface area contributed by atoms with Gasteiger partial charge in [0.2, 0.25) is 0 Å². The van der Waals surface area contributed by atoms with Gasteiger partial charge in [-0.15, -0.1) is 0 Å². The quantitative estimate of drug-likeness (QED) is 0.248. The first kappa shape index (κ1) is 25.7. The van der Waals surface area contributed by atoms with Gasteiger partial charge in [0.1, 0.15) is 19.0 Å². The highest BCUT2D eigenvalue weighted by Gasteiger charge is 2.18. The summed E-state index contributed by atoms with van der Waals surface area (Å²) in [6, 6.07) is 24.0. The topological polar surface area (TPSA) is 109 Å². The van der Waals surface area contributed by atoms with Crippen molar-refractivity contribution in [1.29, 1.82) is 0 Å². The zero-order valence-electron chi connectivity index (χ0n) is 21.4. The summed E-state index contributed by atoms with van der Waals surface area (Å²) in [6.45, 7) is 2.39. The van der Waals surface area contributed by atoms with Crippen molar-refractivity contribution in [3.05, 3.63) is 90.0 Å². The van der Waals surface area contributed by atoms with Crippen LogP contribution in [0.2, 0.25) is 0 Å². The number of ether oxygens (including phenoxy) is 3. The first-order chi connectivity index (χ1) is 19.0. The Hall–Kier alpha value is -4.92. The lowest BCUT2D eigenvalue weighted by Gasteiger charge is -2.18. The van der Waals surface area contributed by atoms with Crippen molar-refractivity contribution >= 4 is 23.5 Å². The van der Waals surface area contributed by atoms with E-state index in [1.165, 1.54) is 0 Å². The number of esters is 1. The third-order valence-corrected chi connectivity index (χ3v) is 6.11. The molecule has 0 unspecified atom stereocenters. The number of aryl methyl sites for hydroxylation is 1. The zero-order valence-corrected chi connectivity index (χ0v) is 21.4. The van der Waals surface area contributed by atoms with Crippen molar-refractivity contribution in [2.45, 2.75) is 19.8 Å². The number of hydrogen-bond acceptors (Lipinski definition) is 7. The minimum atomic E-state index is -0.645. The number of Topliss-reactive ketones (excluding diaryl/α,β-unsaturated/α-hetero) is 1. The highest BCUT2D eigenvalue weighted by molar-refractivity contribution is 5.98. The number of benzene rings is 3. The maximum atomic E-state index is 12.7. The molecule has 0 aliphatic carbocycles. The monoisotopic (exact) mass is 525 g/mol. The molecule has 0 atom stereocenters. The summed E-state index contributed by atoms with van der Waals surface area (Å²) in [5.41, 5.74) is 3.90. The van der Waals surface area contributed by atoms with Crippen LogP contribution in [0.4, 0.5) is 5.82 Å². The molecule has 1 amide bonds. The van der Waals surface area contributed by atoms with Crippen molar-refractivity contribution in [3.63, 3.8) is 0 Å². The van der Waals surface area contributed by atoms with Crippen molar-refractivity contribution in [2.24, 2.45) is 0 Å². The lowest BCUT2D eigenvalue weighted by molar-refractivity contribution is -0.147. The van der Waals surface area contributed by atoms with Gasteiger partial charge >= 0.3 is 5.97 Å². The van der Waals surface area contributed by atoms with Gasteiger partial charge in [-0.3, -0.25) is 14.4 Å². The number of carbonyl (C=O) groups excluding carboxylic acids is 3. The average molecular weight is 526 g/mol. The smallest absolute Gasteiger partial charge is 0.306 e. The molecule has 1 aliphatic heterocycles. The average Bonchev–Trinajstić information content (AvgIpc) is 3.38. The summed E-state index contributed by atoms with van der Waals surface area (Å²) in [6.07, 6.45) is -0.207. The molecule has 9 nitrogen and oxygen atoms in total. The number of fused-ring (bicyclic) bond motifs is 1. The van der Waals surface area contributed by atoms with Gasteiger partial charge in [0, 0.05) is 23.6 Å². The van der Waals surface area contributed by atoms with Crippen LogP contribution in [0, 0.1) is 6.92 Å². The zero-order chi connectivity index (χ0) is 27.2. The summed E-state index contributed by atoms with van der Waals surface area (Å²) < 4.78 is 17.7. The highest BCUT2D eigenvalue weighted by atomic mass is 16.6. The minimum absolute atomic E-state index is 0.0548. The van der Waals surface area contributed by atoms with Gasteiger partial charge in [-0.25, -0.2) is 4.68 Å². The van der Waals surface area contributed by atoms with Crippen LogP contribution in [0.3, 0.4) is 0 Å². The highest BCUT2D eigenvalue weighted by Crippen LogP contribution is 2.31. The van der Waals surface area contributed by atoms with Crippen LogP contribution in [0.1, 0.15) is 28.8 Å². The molecule has 0 spiro atoms. The molecule has 0 radical (unpaired) electrons. The molecule has 5 rings (SSSR count). The van der Waals surface area contributed by atoms with E-state index < -0.39 is 18.5 Å². The van der Waals surface area contributed by atoms with E-state index in [2.05, 4.69) is 10.4 Å². The van der Waals surface area contributed by atoms with Gasteiger partial charge in [0.05, 0.1) is 17.8 Å². The Morgan fingerprint density at radius 1 is 0.897 bits per heavy atom. The number of nitrogens with zero attached hydrogens (tertiary/aromatic N) is 2. The lowest BCUT2D eigenvalue weighted by Crippen LogP contribution is -2.22. The Labute approximate surface area is 225 Å². The molecule has 1 N–H and O–H groups in total. The van der Waals surface area contributed by atoms with E-state index >= 15 is 0 Å². The van der Waals surface area contributed by atoms with Crippen LogP contribution in [0.5, 0.6) is 11.5 Å². The Kier molecular flexibility index (Phi) is 7.68. The van der Waals surface area contributed by atoms with E-state index in [0.29, 0.717) is 41.8 Å². The van der Waals surface area contributed by atoms with Crippen molar-refractivity contribution in [1.82, 2.24) is 9.78 Å². The Balaban J connectivity index is 1.18. The largest absolute Gasteiger partial charge is 0.486 e. The molecule has 2 heterocycles. The molecule has 0 bridgehead atoms. The first-order valence-electron chi connectivity index (χ1n) is 12.6. The van der Waals surface area contributed by atoms with E-state index in [1.54, 1.807) is 28.9 Å². The molecule has 9 heteroatoms. The summed E-state index contributed by atoms with van der Waals surface area (Å²) in [4.78, 5) is 37.5. The minimum Gasteiger partial charge on any atom is -0.486 e. The van der Waals surface area contributed by atoms with E-state index in [0.717, 1.165) is 16.8 Å². The summed E-state index contributed by atoms with van der Waals surface area (Å²) in [7, 11) is 0. The third kappa shape index (κ3) is 6.32. The normalized spacial score (nSPS) is 12.0. The molecule has 3 aromatic carbocycles. The van der Waals surface area contributed by atoms with Crippen molar-refractivity contribution in [3.8, 4) is 28.4 Å². The number of para-hydroxylation sites is 1. The lowest BCUT2D eigenvalue weighted by atomic mass is 10.1. The van der Waals surface area contributed by atoms with Crippen LogP contribution in [-0.2, 0) is 14.3 Å². The predicted octanol–water partition coefficient (Wildman–Crippen LogP) is 4.76. The number of amides is 1. The number of aromatic nitrogens is 2. The van der Waals surface area contributed by atoms with Gasteiger partial charge in [-0.2, -0.15) is 5.10 Å². The molecular formula is C30H27N3O6. The Morgan fingerprint density at radius 2 is 1.64 bits per heavy atom. The summed E-state index contributed by atoms with van der Waals surface area (Å²) >= 11 is 0. The van der Waals surface area contributed by atoms with E-state index in [1.807, 2.05) is 61.5 Å². The summed E-state index contributed by atoms with van der Waals surface area (Å²) in [5.74, 6) is 0.131. The molecule has 0 saturated heterocycles. The Morgan fingerprint density at radius 3 is 2.41 bits per heavy atom. The molecule has 1 aliphatic rings. The van der Waals surface area contributed by atoms with Gasteiger partial charge in [0.15, 0.2) is 23.9 Å². The standard InChI is InChI=1S/C30H27N3O6/c1-20-7-9-21(10-8-20)24-18-28(33(32-24)23-5-3-2-4-6-23)31-29(35)19-39-30(36)14-12-25(34)22-11-13-26-27(17-22)38-16-15-37-26/h2-11,13,17-18H,12,14-16,19H2,1H3,(H,31,35). The third-order valence-electron chi connectivity index (χ3n) is 6.11. The van der Waals surface area contributed by atoms with E-state index in [9.17, 15) is 14.4 Å². The molecule has 198 valence electrons. The number of hydrogen-bond donors (Lipinski definition) is 1. The van der Waals surface area contributed by atoms with Crippen LogP contribution in [0.15, 0.2) is 78.9 Å². The second-order valence-electron chi connectivity index (χ2n) is 9.02. The number of ketones is 1. The molecule has 4 aromatic rings. The molecule has 1 aromatic heterocycles. The predicted molar refractivity (Wildman–Crippen MR) is 144 cm³/mol. The van der Waals surface area contributed by atoms with Crippen molar-refractivity contribution < 1.29 is 28.6 Å². The maximum Gasteiger partial charge on any atom is 0.306 e. The van der Waals surface area contributed by atoms with Crippen molar-refractivity contribution in [2.75, 3.05) is 25.1 Å². The van der Waals surface area contributed by atoms with Gasteiger partial charge in [-0.1, -0.05) is 48.0 Å². The number of anilines is 1. The second-order valence-corrected chi connectivity index (χ2v) is 9.02. The number of nitrogens with one attached hydrogen (secondary N) is 1. The van der Waals surface area contributed by atoms with Gasteiger partial charge in [-0.05, 0) is 37.3 Å². The van der Waals surface area contributed by atoms with Crippen LogP contribution < -0.4 is 14.8 Å². The van der Waals surface area contributed by atoms with Gasteiger partial charge < -0.3 is 19.5 Å². The van der Waals surface area contributed by atoms with Gasteiger partial charge in [0.25, 0.3) is 5.91 Å². The van der Waals surface area contributed by atoms with Crippen LogP contribution >= 0.6 is 0 Å². The molecular weight excluding hydrogens is 498 g/mol. The first-order valence-corrected chi connectivity index (χ1v) is 12.6. The summed E-state index contributed by atoms with van der Waals surface area (Å²) in [5, 5.41) is 7.45. The fourth-order valence-corrected chi connectivity index (χ4v) is 4.08. The fourth-order valence-electron chi connectivity index (χ4n) is 4.08. The van der Waals surface area contributed by atoms with Crippen LogP contribution in [-0.4, -0.2) is 47.3 Å². The molecule has 39 heavy (non-hydrogen) atoms. The van der Waals surface area contributed by atoms with Crippen LogP contribution in [0.25, 0.3) is 16.9 Å². The Bertz CT molecular complexity index is 1500. The maximum absolute atomic E-state index is 12.7. The number of rotatable bonds is 9. The SMILES string of the molecule is Cc1ccc(-c2cc(NC(=O)COC(=O)CCC(=O)c3ccc4c(c3)OCCO4)n(-c3ccccc3)n2)cc1. The molecule has 0 fully saturated rings. The fraction of sp³-hybridized carbons (Fsp3) is 0.200. The second kappa shape index (κ2) is 11.6. The number of carbonyl (C=O) groups is 3. The molecule has 0 saturated carbocycles.